The van der Waals surface area contributed by atoms with Crippen LogP contribution in [-0.4, -0.2) is 31.0 Å². The fourth-order valence-electron chi connectivity index (χ4n) is 2.84. The largest absolute Gasteiger partial charge is 0.490 e. The molecular formula is C16H23F2NO3. The van der Waals surface area contributed by atoms with Crippen LogP contribution < -0.4 is 14.8 Å². The van der Waals surface area contributed by atoms with E-state index in [0.717, 1.165) is 19.3 Å². The number of benzene rings is 1. The fraction of sp³-hybridized carbons (Fsp3) is 0.625. The van der Waals surface area contributed by atoms with Crippen molar-refractivity contribution in [3.63, 3.8) is 0 Å². The van der Waals surface area contributed by atoms with Gasteiger partial charge in [-0.25, -0.2) is 0 Å². The molecule has 2 N–H and O–H groups in total. The van der Waals surface area contributed by atoms with E-state index in [4.69, 9.17) is 4.74 Å². The van der Waals surface area contributed by atoms with Gasteiger partial charge in [-0.15, -0.1) is 0 Å². The smallest absolute Gasteiger partial charge is 0.387 e. The van der Waals surface area contributed by atoms with Crippen LogP contribution in [0.4, 0.5) is 8.78 Å². The van der Waals surface area contributed by atoms with Crippen LogP contribution in [0.5, 0.6) is 11.5 Å². The maximum atomic E-state index is 12.6. The number of halogens is 2. The van der Waals surface area contributed by atoms with E-state index in [2.05, 4.69) is 10.1 Å². The van der Waals surface area contributed by atoms with Crippen LogP contribution in [-0.2, 0) is 6.54 Å². The van der Waals surface area contributed by atoms with Crippen molar-refractivity contribution in [3.8, 4) is 11.5 Å². The molecule has 1 aromatic rings. The minimum Gasteiger partial charge on any atom is -0.490 e. The topological polar surface area (TPSA) is 50.7 Å². The summed E-state index contributed by atoms with van der Waals surface area (Å²) in [6.45, 7) is 0.334. The van der Waals surface area contributed by atoms with E-state index >= 15 is 0 Å². The summed E-state index contributed by atoms with van der Waals surface area (Å²) in [5.41, 5.74) is 0.624. The first kappa shape index (κ1) is 17.0. The molecule has 0 bridgehead atoms. The molecule has 0 aliphatic heterocycles. The fourth-order valence-corrected chi connectivity index (χ4v) is 2.84. The number of nitrogens with one attached hydrogen (secondary N) is 1. The quantitative estimate of drug-likeness (QED) is 0.774. The van der Waals surface area contributed by atoms with E-state index in [1.807, 2.05) is 0 Å². The highest BCUT2D eigenvalue weighted by atomic mass is 19.3. The SMILES string of the molecule is CCOc1cccc(CNCC2CCCC2O)c1OC(F)F. The average Bonchev–Trinajstić information content (AvgIpc) is 2.87. The molecule has 0 heterocycles. The molecule has 1 fully saturated rings. The third-order valence-electron chi connectivity index (χ3n) is 3.91. The number of aliphatic hydroxyl groups excluding tert-OH is 1. The lowest BCUT2D eigenvalue weighted by atomic mass is 10.1. The molecule has 2 atom stereocenters. The van der Waals surface area contributed by atoms with Gasteiger partial charge in [0.05, 0.1) is 12.7 Å². The highest BCUT2D eigenvalue weighted by molar-refractivity contribution is 5.46. The molecule has 2 unspecified atom stereocenters. The Morgan fingerprint density at radius 1 is 1.36 bits per heavy atom. The van der Waals surface area contributed by atoms with Crippen molar-refractivity contribution < 1.29 is 23.4 Å². The Kier molecular flexibility index (Phi) is 6.39. The van der Waals surface area contributed by atoms with Crippen molar-refractivity contribution in [3.05, 3.63) is 23.8 Å². The number of rotatable bonds is 8. The zero-order chi connectivity index (χ0) is 15.9. The highest BCUT2D eigenvalue weighted by Gasteiger charge is 2.24. The molecule has 124 valence electrons. The zero-order valence-electron chi connectivity index (χ0n) is 12.7. The lowest BCUT2D eigenvalue weighted by Gasteiger charge is -2.18. The van der Waals surface area contributed by atoms with Crippen molar-refractivity contribution in [2.24, 2.45) is 5.92 Å². The van der Waals surface area contributed by atoms with Crippen LogP contribution in [0.2, 0.25) is 0 Å². The van der Waals surface area contributed by atoms with Crippen molar-refractivity contribution in [1.29, 1.82) is 0 Å². The van der Waals surface area contributed by atoms with Gasteiger partial charge in [0.25, 0.3) is 0 Å². The molecule has 0 saturated heterocycles. The third kappa shape index (κ3) is 4.55. The Labute approximate surface area is 129 Å². The van der Waals surface area contributed by atoms with Crippen LogP contribution in [0.3, 0.4) is 0 Å². The molecular weight excluding hydrogens is 292 g/mol. The van der Waals surface area contributed by atoms with Crippen LogP contribution in [0, 0.1) is 5.92 Å². The number of hydrogen-bond donors (Lipinski definition) is 2. The lowest BCUT2D eigenvalue weighted by molar-refractivity contribution is -0.0521. The molecule has 1 aliphatic carbocycles. The first-order valence-corrected chi connectivity index (χ1v) is 7.70. The molecule has 0 spiro atoms. The van der Waals surface area contributed by atoms with Gasteiger partial charge in [-0.2, -0.15) is 8.78 Å². The van der Waals surface area contributed by atoms with E-state index in [1.54, 1.807) is 25.1 Å². The van der Waals surface area contributed by atoms with Crippen molar-refractivity contribution in [2.75, 3.05) is 13.2 Å². The number of aliphatic hydroxyl groups is 1. The first-order valence-electron chi connectivity index (χ1n) is 7.70. The van der Waals surface area contributed by atoms with Crippen LogP contribution in [0.1, 0.15) is 31.7 Å². The van der Waals surface area contributed by atoms with E-state index in [1.165, 1.54) is 0 Å². The van der Waals surface area contributed by atoms with Gasteiger partial charge < -0.3 is 19.9 Å². The van der Waals surface area contributed by atoms with Crippen molar-refractivity contribution >= 4 is 0 Å². The first-order chi connectivity index (χ1) is 10.6. The average molecular weight is 315 g/mol. The molecule has 0 amide bonds. The van der Waals surface area contributed by atoms with Gasteiger partial charge >= 0.3 is 6.61 Å². The van der Waals surface area contributed by atoms with Gasteiger partial charge in [0, 0.05) is 18.7 Å². The second-order valence-corrected chi connectivity index (χ2v) is 5.45. The minimum absolute atomic E-state index is 0.0822. The molecule has 22 heavy (non-hydrogen) atoms. The van der Waals surface area contributed by atoms with E-state index < -0.39 is 6.61 Å². The summed E-state index contributed by atoms with van der Waals surface area (Å²) >= 11 is 0. The number of alkyl halides is 2. The van der Waals surface area contributed by atoms with Crippen molar-refractivity contribution in [1.82, 2.24) is 5.32 Å². The molecule has 4 nitrogen and oxygen atoms in total. The normalized spacial score (nSPS) is 21.3. The lowest BCUT2D eigenvalue weighted by Crippen LogP contribution is -2.27. The summed E-state index contributed by atoms with van der Waals surface area (Å²) in [6.07, 6.45) is 2.60. The second kappa shape index (κ2) is 8.29. The van der Waals surface area contributed by atoms with Gasteiger partial charge in [-0.3, -0.25) is 0 Å². The molecule has 0 radical (unpaired) electrons. The van der Waals surface area contributed by atoms with Crippen LogP contribution >= 0.6 is 0 Å². The second-order valence-electron chi connectivity index (χ2n) is 5.45. The predicted molar refractivity (Wildman–Crippen MR) is 79.3 cm³/mol. The monoisotopic (exact) mass is 315 g/mol. The minimum atomic E-state index is -2.89. The summed E-state index contributed by atoms with van der Waals surface area (Å²) in [7, 11) is 0. The van der Waals surface area contributed by atoms with Gasteiger partial charge in [-0.05, 0) is 31.7 Å². The van der Waals surface area contributed by atoms with E-state index in [-0.39, 0.29) is 17.8 Å². The Balaban J connectivity index is 2.00. The Morgan fingerprint density at radius 3 is 2.82 bits per heavy atom. The Morgan fingerprint density at radius 2 is 2.18 bits per heavy atom. The third-order valence-corrected chi connectivity index (χ3v) is 3.91. The molecule has 0 aromatic heterocycles. The number of para-hydroxylation sites is 1. The van der Waals surface area contributed by atoms with Gasteiger partial charge in [-0.1, -0.05) is 18.6 Å². The van der Waals surface area contributed by atoms with Gasteiger partial charge in [0.1, 0.15) is 0 Å². The number of ether oxygens (including phenoxy) is 2. The van der Waals surface area contributed by atoms with E-state index in [0.29, 0.717) is 31.0 Å². The molecule has 1 aliphatic rings. The van der Waals surface area contributed by atoms with E-state index in [9.17, 15) is 13.9 Å². The standard InChI is InChI=1S/C16H23F2NO3/c1-2-21-14-8-4-6-12(15(14)22-16(17)18)10-19-9-11-5-3-7-13(11)20/h4,6,8,11,13,16,19-20H,2-3,5,7,9-10H2,1H3. The Bertz CT molecular complexity index is 471. The molecule has 2 rings (SSSR count). The molecule has 1 saturated carbocycles. The van der Waals surface area contributed by atoms with Gasteiger partial charge in [0.2, 0.25) is 0 Å². The van der Waals surface area contributed by atoms with Crippen molar-refractivity contribution in [2.45, 2.75) is 45.4 Å². The maximum Gasteiger partial charge on any atom is 0.387 e. The summed E-state index contributed by atoms with van der Waals surface area (Å²) in [4.78, 5) is 0. The molecule has 6 heteroatoms. The summed E-state index contributed by atoms with van der Waals surface area (Å²) < 4.78 is 35.2. The predicted octanol–water partition coefficient (Wildman–Crippen LogP) is 2.94. The van der Waals surface area contributed by atoms with Crippen LogP contribution in [0.25, 0.3) is 0 Å². The highest BCUT2D eigenvalue weighted by Crippen LogP contribution is 2.33. The summed E-state index contributed by atoms with van der Waals surface area (Å²) in [5, 5.41) is 13.0. The van der Waals surface area contributed by atoms with Gasteiger partial charge in [0.15, 0.2) is 11.5 Å². The zero-order valence-corrected chi connectivity index (χ0v) is 12.7. The molecule has 1 aromatic carbocycles. The number of hydrogen-bond acceptors (Lipinski definition) is 4. The van der Waals surface area contributed by atoms with Crippen LogP contribution in [0.15, 0.2) is 18.2 Å². The Hall–Kier alpha value is -1.40. The summed E-state index contributed by atoms with van der Waals surface area (Å²) in [6, 6.07) is 5.11. The summed E-state index contributed by atoms with van der Waals surface area (Å²) in [5.74, 6) is 0.636. The maximum absolute atomic E-state index is 12.6.